The van der Waals surface area contributed by atoms with Gasteiger partial charge in [-0.15, -0.1) is 0 Å². The van der Waals surface area contributed by atoms with Gasteiger partial charge in [0, 0.05) is 18.9 Å². The van der Waals surface area contributed by atoms with E-state index in [0.717, 1.165) is 16.3 Å². The van der Waals surface area contributed by atoms with Gasteiger partial charge in [-0.05, 0) is 31.2 Å². The second-order valence-electron chi connectivity index (χ2n) is 5.22. The molecule has 0 aliphatic heterocycles. The van der Waals surface area contributed by atoms with E-state index < -0.39 is 6.03 Å². The number of hydrogen-bond donors (Lipinski definition) is 3. The second kappa shape index (κ2) is 7.58. The Bertz CT molecular complexity index is 993. The molecule has 2 aromatic heterocycles. The highest BCUT2D eigenvalue weighted by atomic mass is 32.1. The smallest absolute Gasteiger partial charge is 0.325 e. The lowest BCUT2D eigenvalue weighted by atomic mass is 10.2. The summed E-state index contributed by atoms with van der Waals surface area (Å²) in [5.74, 6) is 0.514. The van der Waals surface area contributed by atoms with Gasteiger partial charge in [-0.3, -0.25) is 5.32 Å². The van der Waals surface area contributed by atoms with Crippen molar-refractivity contribution < 1.29 is 4.79 Å². The third-order valence-corrected chi connectivity index (χ3v) is 4.47. The van der Waals surface area contributed by atoms with Crippen LogP contribution in [0.2, 0.25) is 0 Å². The molecule has 2 heterocycles. The zero-order valence-corrected chi connectivity index (χ0v) is 14.9. The van der Waals surface area contributed by atoms with E-state index in [1.165, 1.54) is 11.3 Å². The molecular formula is C17H15N7OS. The van der Waals surface area contributed by atoms with Crippen LogP contribution in [0.3, 0.4) is 0 Å². The van der Waals surface area contributed by atoms with Crippen molar-refractivity contribution in [2.45, 2.75) is 6.92 Å². The van der Waals surface area contributed by atoms with Crippen molar-refractivity contribution in [2.24, 2.45) is 0 Å². The summed E-state index contributed by atoms with van der Waals surface area (Å²) in [6.07, 6.45) is 1.66. The Hall–Kier alpha value is -3.51. The van der Waals surface area contributed by atoms with Gasteiger partial charge in [0.2, 0.25) is 5.95 Å². The Labute approximate surface area is 154 Å². The maximum atomic E-state index is 12.2. The fourth-order valence-corrected chi connectivity index (χ4v) is 3.15. The summed E-state index contributed by atoms with van der Waals surface area (Å²) in [4.78, 5) is 25.9. The normalized spacial score (nSPS) is 10.0. The number of rotatable bonds is 4. The number of carbonyl (C=O) groups excluding carboxylic acids is 1. The van der Waals surface area contributed by atoms with Crippen LogP contribution in [-0.2, 0) is 0 Å². The van der Waals surface area contributed by atoms with Gasteiger partial charge in [-0.1, -0.05) is 17.4 Å². The molecule has 0 aliphatic carbocycles. The van der Waals surface area contributed by atoms with Crippen LogP contribution in [0.4, 0.5) is 21.6 Å². The van der Waals surface area contributed by atoms with Crippen molar-refractivity contribution in [3.8, 4) is 16.6 Å². The molecule has 1 aromatic carbocycles. The monoisotopic (exact) mass is 365 g/mol. The van der Waals surface area contributed by atoms with Crippen molar-refractivity contribution in [1.29, 1.82) is 5.26 Å². The molecule has 8 nitrogen and oxygen atoms in total. The van der Waals surface area contributed by atoms with Crippen LogP contribution in [0.5, 0.6) is 0 Å². The molecule has 0 bridgehead atoms. The third-order valence-electron chi connectivity index (χ3n) is 3.38. The van der Waals surface area contributed by atoms with Crippen molar-refractivity contribution in [1.82, 2.24) is 15.0 Å². The Kier molecular flexibility index (Phi) is 5.05. The highest BCUT2D eigenvalue weighted by molar-refractivity contribution is 7.19. The highest BCUT2D eigenvalue weighted by Crippen LogP contribution is 2.31. The second-order valence-corrected chi connectivity index (χ2v) is 6.22. The number of aromatic nitrogens is 3. The van der Waals surface area contributed by atoms with E-state index in [4.69, 9.17) is 5.26 Å². The van der Waals surface area contributed by atoms with Gasteiger partial charge in [-0.2, -0.15) is 5.26 Å². The van der Waals surface area contributed by atoms with Gasteiger partial charge < -0.3 is 10.6 Å². The van der Waals surface area contributed by atoms with Gasteiger partial charge in [0.05, 0.1) is 27.9 Å². The lowest BCUT2D eigenvalue weighted by molar-refractivity contribution is 0.262. The zero-order valence-electron chi connectivity index (χ0n) is 14.1. The largest absolute Gasteiger partial charge is 0.357 e. The number of anilines is 3. The van der Waals surface area contributed by atoms with Crippen LogP contribution in [-0.4, -0.2) is 28.0 Å². The van der Waals surface area contributed by atoms with Crippen molar-refractivity contribution >= 4 is 34.1 Å². The van der Waals surface area contributed by atoms with Crippen molar-refractivity contribution in [2.75, 3.05) is 23.0 Å². The topological polar surface area (TPSA) is 116 Å². The molecule has 0 atom stereocenters. The maximum Gasteiger partial charge on any atom is 0.325 e. The van der Waals surface area contributed by atoms with E-state index in [1.54, 1.807) is 43.6 Å². The molecule has 2 amide bonds. The molecule has 3 rings (SSSR count). The number of hydrogen-bond acceptors (Lipinski definition) is 7. The number of urea groups is 1. The van der Waals surface area contributed by atoms with E-state index in [1.807, 2.05) is 13.0 Å². The summed E-state index contributed by atoms with van der Waals surface area (Å²) < 4.78 is 0. The van der Waals surface area contributed by atoms with Gasteiger partial charge in [0.25, 0.3) is 0 Å². The Morgan fingerprint density at radius 3 is 2.85 bits per heavy atom. The summed E-state index contributed by atoms with van der Waals surface area (Å²) in [6, 6.07) is 10.1. The average molecular weight is 365 g/mol. The Balaban J connectivity index is 1.74. The fourth-order valence-electron chi connectivity index (χ4n) is 2.22. The molecule has 3 N–H and O–H groups in total. The Morgan fingerprint density at radius 2 is 2.08 bits per heavy atom. The van der Waals surface area contributed by atoms with E-state index in [0.29, 0.717) is 22.3 Å². The van der Waals surface area contributed by atoms with E-state index in [-0.39, 0.29) is 0 Å². The van der Waals surface area contributed by atoms with Crippen LogP contribution < -0.4 is 16.0 Å². The van der Waals surface area contributed by atoms with Gasteiger partial charge in [0.1, 0.15) is 0 Å². The number of nitrogens with zero attached hydrogens (tertiary/aromatic N) is 4. The molecule has 3 aromatic rings. The minimum Gasteiger partial charge on any atom is -0.357 e. The summed E-state index contributed by atoms with van der Waals surface area (Å²) in [5.41, 5.74) is 2.50. The van der Waals surface area contributed by atoms with Crippen molar-refractivity contribution in [3.05, 3.63) is 47.8 Å². The molecule has 0 saturated carbocycles. The number of nitrogens with one attached hydrogen (secondary N) is 3. The first-order valence-corrected chi connectivity index (χ1v) is 8.47. The molecule has 0 saturated heterocycles. The molecule has 0 aliphatic rings. The van der Waals surface area contributed by atoms with E-state index in [9.17, 15) is 4.79 Å². The number of nitriles is 1. The minimum absolute atomic E-state index is 0.431. The van der Waals surface area contributed by atoms with Crippen LogP contribution >= 0.6 is 11.3 Å². The molecule has 9 heteroatoms. The van der Waals surface area contributed by atoms with Crippen molar-refractivity contribution in [3.63, 3.8) is 0 Å². The van der Waals surface area contributed by atoms with Crippen LogP contribution in [0.15, 0.2) is 36.5 Å². The van der Waals surface area contributed by atoms with Gasteiger partial charge in [0.15, 0.2) is 5.13 Å². The first kappa shape index (κ1) is 17.3. The van der Waals surface area contributed by atoms with E-state index >= 15 is 0 Å². The highest BCUT2D eigenvalue weighted by Gasteiger charge is 2.14. The predicted octanol–water partition coefficient (Wildman–Crippen LogP) is 3.47. The molecule has 26 heavy (non-hydrogen) atoms. The summed E-state index contributed by atoms with van der Waals surface area (Å²) in [7, 11) is 1.75. The first-order chi connectivity index (χ1) is 12.6. The molecule has 0 spiro atoms. The Morgan fingerprint density at radius 1 is 1.23 bits per heavy atom. The van der Waals surface area contributed by atoms with Gasteiger partial charge >= 0.3 is 6.03 Å². The quantitative estimate of drug-likeness (QED) is 0.652. The summed E-state index contributed by atoms with van der Waals surface area (Å²) >= 11 is 1.32. The maximum absolute atomic E-state index is 12.2. The third kappa shape index (κ3) is 3.93. The van der Waals surface area contributed by atoms with Crippen LogP contribution in [0, 0.1) is 18.3 Å². The number of benzene rings is 1. The number of amides is 2. The summed E-state index contributed by atoms with van der Waals surface area (Å²) in [6.45, 7) is 1.85. The lowest BCUT2D eigenvalue weighted by Gasteiger charge is -2.05. The number of aryl methyl sites for hydroxylation is 1. The summed E-state index contributed by atoms with van der Waals surface area (Å²) in [5, 5.41) is 17.6. The molecule has 0 radical (unpaired) electrons. The number of carbonyl (C=O) groups is 1. The fraction of sp³-hybridized carbons (Fsp3) is 0.118. The van der Waals surface area contributed by atoms with Crippen LogP contribution in [0.25, 0.3) is 10.6 Å². The molecule has 0 fully saturated rings. The van der Waals surface area contributed by atoms with Crippen LogP contribution in [0.1, 0.15) is 11.3 Å². The first-order valence-electron chi connectivity index (χ1n) is 7.66. The minimum atomic E-state index is -0.431. The SMILES string of the molecule is CNc1nccc(-c2sc(NC(=O)Nc3cccc(C#N)c3)nc2C)n1. The van der Waals surface area contributed by atoms with Gasteiger partial charge in [-0.25, -0.2) is 19.7 Å². The predicted molar refractivity (Wildman–Crippen MR) is 101 cm³/mol. The number of thiazole rings is 1. The van der Waals surface area contributed by atoms with E-state index in [2.05, 4.69) is 30.9 Å². The molecule has 130 valence electrons. The average Bonchev–Trinajstić information content (AvgIpc) is 3.01. The zero-order chi connectivity index (χ0) is 18.5. The molecular weight excluding hydrogens is 350 g/mol. The lowest BCUT2D eigenvalue weighted by Crippen LogP contribution is -2.19. The standard InChI is InChI=1S/C17H15N7OS/c1-10-14(13-6-7-20-15(19-2)23-13)26-17(21-10)24-16(25)22-12-5-3-4-11(8-12)9-18/h3-8H,1-2H3,(H,19,20,23)(H2,21,22,24,25). The molecule has 0 unspecified atom stereocenters.